The molecule has 7 heteroatoms. The molecule has 1 aliphatic rings. The zero-order valence-corrected chi connectivity index (χ0v) is 9.27. The van der Waals surface area contributed by atoms with E-state index in [-0.39, 0.29) is 11.6 Å². The van der Waals surface area contributed by atoms with E-state index >= 15 is 0 Å². The molecule has 0 spiro atoms. The maximum Gasteiger partial charge on any atom is 0.272 e. The van der Waals surface area contributed by atoms with E-state index in [9.17, 15) is 13.6 Å². The van der Waals surface area contributed by atoms with Gasteiger partial charge < -0.3 is 10.2 Å². The Morgan fingerprint density at radius 1 is 1.47 bits per heavy atom. The molecule has 1 amide bonds. The van der Waals surface area contributed by atoms with E-state index in [1.165, 1.54) is 12.3 Å². The molecule has 1 saturated heterocycles. The second kappa shape index (κ2) is 5.22. The van der Waals surface area contributed by atoms with Crippen molar-refractivity contribution in [1.29, 1.82) is 0 Å². The van der Waals surface area contributed by atoms with E-state index in [4.69, 9.17) is 0 Å². The average Bonchev–Trinajstić information content (AvgIpc) is 2.76. The fraction of sp³-hybridized carbons (Fsp3) is 0.600. The van der Waals surface area contributed by atoms with Crippen LogP contribution in [0.4, 0.5) is 8.78 Å². The van der Waals surface area contributed by atoms with E-state index in [2.05, 4.69) is 10.4 Å². The van der Waals surface area contributed by atoms with Crippen molar-refractivity contribution in [2.24, 2.45) is 0 Å². The number of carbonyl (C=O) groups is 1. The lowest BCUT2D eigenvalue weighted by Gasteiger charge is -2.27. The fourth-order valence-electron chi connectivity index (χ4n) is 1.82. The summed E-state index contributed by atoms with van der Waals surface area (Å²) in [4.78, 5) is 13.7. The molecular formula is C10H14F2N4O. The van der Waals surface area contributed by atoms with Gasteiger partial charge in [-0.15, -0.1) is 0 Å². The van der Waals surface area contributed by atoms with Crippen molar-refractivity contribution in [1.82, 2.24) is 20.0 Å². The molecule has 0 aliphatic carbocycles. The third-order valence-electron chi connectivity index (χ3n) is 2.65. The summed E-state index contributed by atoms with van der Waals surface area (Å²) in [6, 6.07) is 1.48. The summed E-state index contributed by atoms with van der Waals surface area (Å²) < 4.78 is 25.6. The van der Waals surface area contributed by atoms with Crippen molar-refractivity contribution in [3.8, 4) is 0 Å². The number of nitrogens with one attached hydrogen (secondary N) is 1. The van der Waals surface area contributed by atoms with Crippen LogP contribution in [0.5, 0.6) is 0 Å². The first-order valence-corrected chi connectivity index (χ1v) is 5.48. The number of hydrogen-bond acceptors (Lipinski definition) is 3. The molecule has 2 rings (SSSR count). The number of halogens is 2. The molecular weight excluding hydrogens is 230 g/mol. The molecule has 1 aliphatic heterocycles. The second-order valence-corrected chi connectivity index (χ2v) is 3.83. The highest BCUT2D eigenvalue weighted by Crippen LogP contribution is 2.08. The molecule has 17 heavy (non-hydrogen) atoms. The molecule has 5 nitrogen and oxygen atoms in total. The largest absolute Gasteiger partial charge is 0.335 e. The van der Waals surface area contributed by atoms with Crippen LogP contribution in [0.3, 0.4) is 0 Å². The molecule has 0 unspecified atom stereocenters. The number of rotatable bonds is 3. The predicted molar refractivity (Wildman–Crippen MR) is 57.0 cm³/mol. The number of carbonyl (C=O) groups excluding carboxylic acids is 1. The summed E-state index contributed by atoms with van der Waals surface area (Å²) in [6.07, 6.45) is -1.14. The summed E-state index contributed by atoms with van der Waals surface area (Å²) >= 11 is 0. The summed E-state index contributed by atoms with van der Waals surface area (Å²) in [5.41, 5.74) is 0.229. The van der Waals surface area contributed by atoms with Crippen molar-refractivity contribution in [3.05, 3.63) is 18.0 Å². The van der Waals surface area contributed by atoms with Crippen molar-refractivity contribution in [2.45, 2.75) is 13.0 Å². The first-order valence-electron chi connectivity index (χ1n) is 5.48. The highest BCUT2D eigenvalue weighted by Gasteiger charge is 2.22. The fourth-order valence-corrected chi connectivity index (χ4v) is 1.82. The molecule has 0 saturated carbocycles. The quantitative estimate of drug-likeness (QED) is 0.826. The molecule has 1 N–H and O–H groups in total. The lowest BCUT2D eigenvalue weighted by Crippen LogP contribution is -2.47. The molecule has 1 aromatic heterocycles. The van der Waals surface area contributed by atoms with Gasteiger partial charge in [-0.1, -0.05) is 0 Å². The van der Waals surface area contributed by atoms with Crippen LogP contribution < -0.4 is 5.32 Å². The highest BCUT2D eigenvalue weighted by molar-refractivity contribution is 5.92. The van der Waals surface area contributed by atoms with Crippen LogP contribution in [0.1, 0.15) is 10.5 Å². The van der Waals surface area contributed by atoms with Gasteiger partial charge in [0, 0.05) is 32.4 Å². The number of aromatic nitrogens is 2. The second-order valence-electron chi connectivity index (χ2n) is 3.83. The van der Waals surface area contributed by atoms with Gasteiger partial charge in [-0.05, 0) is 6.07 Å². The van der Waals surface area contributed by atoms with Gasteiger partial charge >= 0.3 is 0 Å². The van der Waals surface area contributed by atoms with Gasteiger partial charge in [0.2, 0.25) is 0 Å². The zero-order chi connectivity index (χ0) is 12.3. The van der Waals surface area contributed by atoms with E-state index in [0.29, 0.717) is 13.1 Å². The topological polar surface area (TPSA) is 50.2 Å². The maximum atomic E-state index is 12.3. The molecule has 1 aromatic rings. The minimum atomic E-state index is -2.51. The van der Waals surface area contributed by atoms with Crippen molar-refractivity contribution >= 4 is 5.91 Å². The van der Waals surface area contributed by atoms with Gasteiger partial charge in [0.25, 0.3) is 12.3 Å². The van der Waals surface area contributed by atoms with E-state index < -0.39 is 13.0 Å². The number of nitrogens with zero attached hydrogens (tertiary/aromatic N) is 3. The van der Waals surface area contributed by atoms with Gasteiger partial charge in [0.1, 0.15) is 12.2 Å². The van der Waals surface area contributed by atoms with Crippen molar-refractivity contribution < 1.29 is 13.6 Å². The van der Waals surface area contributed by atoms with Crippen LogP contribution in [-0.2, 0) is 6.54 Å². The van der Waals surface area contributed by atoms with Crippen molar-refractivity contribution in [3.63, 3.8) is 0 Å². The minimum Gasteiger partial charge on any atom is -0.335 e. The summed E-state index contributed by atoms with van der Waals surface area (Å²) in [5.74, 6) is -0.232. The number of piperazine rings is 1. The van der Waals surface area contributed by atoms with Crippen LogP contribution >= 0.6 is 0 Å². The first-order chi connectivity index (χ1) is 8.18. The van der Waals surface area contributed by atoms with Crippen LogP contribution in [0.15, 0.2) is 12.3 Å². The Bertz CT molecular complexity index is 387. The number of alkyl halides is 2. The average molecular weight is 244 g/mol. The molecule has 0 radical (unpaired) electrons. The normalized spacial score (nSPS) is 16.5. The molecule has 94 valence electrons. The molecule has 0 bridgehead atoms. The highest BCUT2D eigenvalue weighted by atomic mass is 19.3. The van der Waals surface area contributed by atoms with E-state index in [1.807, 2.05) is 0 Å². The maximum absolute atomic E-state index is 12.3. The van der Waals surface area contributed by atoms with Gasteiger partial charge in [-0.25, -0.2) is 8.78 Å². The zero-order valence-electron chi connectivity index (χ0n) is 9.27. The SMILES string of the molecule is O=C(c1ccnn1CC(F)F)N1CCNCC1. The Kier molecular flexibility index (Phi) is 3.68. The predicted octanol–water partition coefficient (Wildman–Crippen LogP) is 0.194. The van der Waals surface area contributed by atoms with Crippen LogP contribution in [-0.4, -0.2) is 53.2 Å². The van der Waals surface area contributed by atoms with Crippen molar-refractivity contribution in [2.75, 3.05) is 26.2 Å². The lowest BCUT2D eigenvalue weighted by atomic mass is 10.3. The Labute approximate surface area is 97.4 Å². The monoisotopic (exact) mass is 244 g/mol. The standard InChI is InChI=1S/C10H14F2N4O/c11-9(12)7-16-8(1-2-14-16)10(17)15-5-3-13-4-6-15/h1-2,9,13H,3-7H2. The first kappa shape index (κ1) is 12.0. The molecule has 0 atom stereocenters. The molecule has 2 heterocycles. The lowest BCUT2D eigenvalue weighted by molar-refractivity contribution is 0.0710. The van der Waals surface area contributed by atoms with Gasteiger partial charge in [-0.3, -0.25) is 9.48 Å². The number of amides is 1. The summed E-state index contributed by atoms with van der Waals surface area (Å²) in [7, 11) is 0. The Morgan fingerprint density at radius 2 is 2.18 bits per heavy atom. The van der Waals surface area contributed by atoms with Crippen LogP contribution in [0, 0.1) is 0 Å². The Balaban J connectivity index is 2.10. The molecule has 0 aromatic carbocycles. The molecule has 1 fully saturated rings. The smallest absolute Gasteiger partial charge is 0.272 e. The van der Waals surface area contributed by atoms with Crippen LogP contribution in [0.2, 0.25) is 0 Å². The van der Waals surface area contributed by atoms with Gasteiger partial charge in [-0.2, -0.15) is 5.10 Å². The number of hydrogen-bond donors (Lipinski definition) is 1. The van der Waals surface area contributed by atoms with E-state index in [0.717, 1.165) is 17.8 Å². The third-order valence-corrected chi connectivity index (χ3v) is 2.65. The summed E-state index contributed by atoms with van der Waals surface area (Å²) in [5, 5.41) is 6.87. The minimum absolute atomic E-state index is 0.229. The van der Waals surface area contributed by atoms with Gasteiger partial charge in [0.05, 0.1) is 0 Å². The Morgan fingerprint density at radius 3 is 2.82 bits per heavy atom. The third kappa shape index (κ3) is 2.79. The van der Waals surface area contributed by atoms with Crippen LogP contribution in [0.25, 0.3) is 0 Å². The van der Waals surface area contributed by atoms with E-state index in [1.54, 1.807) is 4.90 Å². The summed E-state index contributed by atoms with van der Waals surface area (Å²) in [6.45, 7) is 2.11. The Hall–Kier alpha value is -1.50. The van der Waals surface area contributed by atoms with Gasteiger partial charge in [0.15, 0.2) is 0 Å².